The van der Waals surface area contributed by atoms with E-state index in [-0.39, 0.29) is 17.5 Å². The van der Waals surface area contributed by atoms with Crippen LogP contribution in [0.2, 0.25) is 5.02 Å². The molecule has 0 unspecified atom stereocenters. The number of amides is 1. The number of benzene rings is 3. The molecule has 3 aliphatic heterocycles. The molecule has 1 fully saturated rings. The Labute approximate surface area is 208 Å². The van der Waals surface area contributed by atoms with Crippen molar-refractivity contribution in [3.05, 3.63) is 101 Å². The molecule has 0 aliphatic carbocycles. The number of nitrogens with one attached hydrogen (secondary N) is 1. The molecule has 0 bridgehead atoms. The van der Waals surface area contributed by atoms with Crippen LogP contribution in [-0.4, -0.2) is 29.6 Å². The van der Waals surface area contributed by atoms with Crippen LogP contribution in [0.5, 0.6) is 0 Å². The second-order valence-electron chi connectivity index (χ2n) is 9.46. The Hall–Kier alpha value is -3.70. The Bertz CT molecular complexity index is 1460. The second kappa shape index (κ2) is 7.65. The highest BCUT2D eigenvalue weighted by molar-refractivity contribution is 6.34. The molecule has 0 saturated carbocycles. The van der Waals surface area contributed by atoms with Crippen LogP contribution < -0.4 is 10.2 Å². The Balaban J connectivity index is 1.70. The van der Waals surface area contributed by atoms with Crippen LogP contribution in [0.3, 0.4) is 0 Å². The van der Waals surface area contributed by atoms with E-state index >= 15 is 0 Å². The van der Waals surface area contributed by atoms with Crippen molar-refractivity contribution in [3.8, 4) is 0 Å². The number of para-hydroxylation sites is 2. The van der Waals surface area contributed by atoms with Gasteiger partial charge in [0, 0.05) is 22.5 Å². The zero-order valence-electron chi connectivity index (χ0n) is 19.3. The standard InChI is InChI=1S/C29H23ClN2O3/c1-16-15-24-29(20-11-5-7-13-22(20)31-28(29)35)25(27(34)19-10-3-6-12-21(19)30)26(17(2)33)32(24)23-14-8-4-9-18(16)23/h3-15,24-26H,1-2H3,(H,31,35)/t24-,25-,26-,29+/m1/s1. The third kappa shape index (κ3) is 2.79. The lowest BCUT2D eigenvalue weighted by Gasteiger charge is -2.39. The monoisotopic (exact) mass is 482 g/mol. The van der Waals surface area contributed by atoms with Crippen molar-refractivity contribution in [3.63, 3.8) is 0 Å². The van der Waals surface area contributed by atoms with E-state index in [0.717, 1.165) is 22.4 Å². The van der Waals surface area contributed by atoms with E-state index in [1.54, 1.807) is 24.3 Å². The van der Waals surface area contributed by atoms with Gasteiger partial charge < -0.3 is 10.2 Å². The van der Waals surface area contributed by atoms with Gasteiger partial charge >= 0.3 is 0 Å². The normalized spacial score (nSPS) is 26.0. The Kier molecular flexibility index (Phi) is 4.77. The minimum Gasteiger partial charge on any atom is -0.352 e. The fraction of sp³-hybridized carbons (Fsp3) is 0.207. The van der Waals surface area contributed by atoms with Gasteiger partial charge in [-0.25, -0.2) is 0 Å². The Morgan fingerprint density at radius 1 is 0.971 bits per heavy atom. The molecule has 5 nitrogen and oxygen atoms in total. The largest absolute Gasteiger partial charge is 0.352 e. The number of carbonyl (C=O) groups excluding carboxylic acids is 3. The molecular weight excluding hydrogens is 460 g/mol. The van der Waals surface area contributed by atoms with Crippen molar-refractivity contribution >= 4 is 46.0 Å². The van der Waals surface area contributed by atoms with Crippen molar-refractivity contribution in [2.75, 3.05) is 10.2 Å². The van der Waals surface area contributed by atoms with Crippen LogP contribution in [0.25, 0.3) is 5.57 Å². The van der Waals surface area contributed by atoms with Crippen LogP contribution in [0.1, 0.15) is 35.3 Å². The highest BCUT2D eigenvalue weighted by Gasteiger charge is 2.70. The number of halogens is 1. The third-order valence-electron chi connectivity index (χ3n) is 7.72. The van der Waals surface area contributed by atoms with Crippen molar-refractivity contribution in [2.24, 2.45) is 5.92 Å². The average Bonchev–Trinajstić information content (AvgIpc) is 3.32. The van der Waals surface area contributed by atoms with Gasteiger partial charge in [-0.2, -0.15) is 0 Å². The molecule has 1 amide bonds. The lowest BCUT2D eigenvalue weighted by molar-refractivity contribution is -0.122. The minimum absolute atomic E-state index is 0.169. The van der Waals surface area contributed by atoms with Gasteiger partial charge in [0.1, 0.15) is 5.41 Å². The van der Waals surface area contributed by atoms with Gasteiger partial charge in [0.25, 0.3) is 0 Å². The van der Waals surface area contributed by atoms with E-state index in [1.807, 2.05) is 66.4 Å². The summed E-state index contributed by atoms with van der Waals surface area (Å²) in [5.74, 6) is -1.71. The number of anilines is 2. The molecule has 0 aromatic heterocycles. The fourth-order valence-electron chi connectivity index (χ4n) is 6.37. The van der Waals surface area contributed by atoms with Gasteiger partial charge in [-0.05, 0) is 49.2 Å². The molecule has 4 atom stereocenters. The quantitative estimate of drug-likeness (QED) is 0.515. The zero-order valence-corrected chi connectivity index (χ0v) is 20.0. The smallest absolute Gasteiger partial charge is 0.238 e. The lowest BCUT2D eigenvalue weighted by Crippen LogP contribution is -2.51. The van der Waals surface area contributed by atoms with E-state index in [0.29, 0.717) is 16.3 Å². The molecule has 3 heterocycles. The second-order valence-corrected chi connectivity index (χ2v) is 9.87. The predicted octanol–water partition coefficient (Wildman–Crippen LogP) is 5.29. The SMILES string of the molecule is CC(=O)[C@@H]1[C@H](C(=O)c2ccccc2Cl)[C@@]2(C(=O)Nc3ccccc32)[C@H]2C=C(C)c3ccccc3N12. The molecule has 1 spiro atoms. The molecule has 6 rings (SSSR count). The first-order valence-corrected chi connectivity index (χ1v) is 12.0. The number of allylic oxidation sites excluding steroid dienone is 1. The number of rotatable bonds is 3. The number of hydrogen-bond acceptors (Lipinski definition) is 4. The number of carbonyl (C=O) groups is 3. The minimum atomic E-state index is -1.29. The molecule has 1 N–H and O–H groups in total. The lowest BCUT2D eigenvalue weighted by atomic mass is 9.64. The number of Topliss-reactive ketones (excluding diaryl/α,β-unsaturated/α-hetero) is 2. The summed E-state index contributed by atoms with van der Waals surface area (Å²) in [5, 5.41) is 3.33. The van der Waals surface area contributed by atoms with Crippen molar-refractivity contribution in [2.45, 2.75) is 31.3 Å². The average molecular weight is 483 g/mol. The van der Waals surface area contributed by atoms with E-state index in [9.17, 15) is 14.4 Å². The molecule has 6 heteroatoms. The maximum absolute atomic E-state index is 14.4. The Morgan fingerprint density at radius 3 is 2.43 bits per heavy atom. The molecule has 1 saturated heterocycles. The van der Waals surface area contributed by atoms with Gasteiger partial charge in [-0.1, -0.05) is 66.2 Å². The molecule has 3 aromatic carbocycles. The van der Waals surface area contributed by atoms with E-state index in [1.165, 1.54) is 6.92 Å². The summed E-state index contributed by atoms with van der Waals surface area (Å²) in [5.41, 5.74) is 3.27. The Morgan fingerprint density at radius 2 is 1.66 bits per heavy atom. The zero-order chi connectivity index (χ0) is 24.5. The first-order valence-electron chi connectivity index (χ1n) is 11.6. The van der Waals surface area contributed by atoms with Crippen LogP contribution >= 0.6 is 11.6 Å². The van der Waals surface area contributed by atoms with Crippen LogP contribution in [-0.2, 0) is 15.0 Å². The molecule has 174 valence electrons. The highest BCUT2D eigenvalue weighted by atomic mass is 35.5. The predicted molar refractivity (Wildman–Crippen MR) is 137 cm³/mol. The molecule has 0 radical (unpaired) electrons. The summed E-state index contributed by atoms with van der Waals surface area (Å²) >= 11 is 6.48. The van der Waals surface area contributed by atoms with E-state index in [2.05, 4.69) is 5.32 Å². The number of hydrogen-bond donors (Lipinski definition) is 1. The van der Waals surface area contributed by atoms with Crippen LogP contribution in [0.15, 0.2) is 78.9 Å². The first-order chi connectivity index (χ1) is 16.9. The summed E-state index contributed by atoms with van der Waals surface area (Å²) in [7, 11) is 0. The summed E-state index contributed by atoms with van der Waals surface area (Å²) in [6.45, 7) is 3.51. The maximum atomic E-state index is 14.4. The first kappa shape index (κ1) is 21.8. The summed E-state index contributed by atoms with van der Waals surface area (Å²) in [6.07, 6.45) is 2.04. The topological polar surface area (TPSA) is 66.5 Å². The summed E-state index contributed by atoms with van der Waals surface area (Å²) in [6, 6.07) is 20.8. The van der Waals surface area contributed by atoms with Gasteiger partial charge in [-0.3, -0.25) is 14.4 Å². The van der Waals surface area contributed by atoms with Crippen molar-refractivity contribution < 1.29 is 14.4 Å². The number of ketones is 2. The highest BCUT2D eigenvalue weighted by Crippen LogP contribution is 2.58. The van der Waals surface area contributed by atoms with Crippen LogP contribution in [0.4, 0.5) is 11.4 Å². The van der Waals surface area contributed by atoms with Crippen LogP contribution in [0, 0.1) is 5.92 Å². The van der Waals surface area contributed by atoms with Crippen molar-refractivity contribution in [1.29, 1.82) is 0 Å². The van der Waals surface area contributed by atoms with E-state index in [4.69, 9.17) is 11.6 Å². The fourth-order valence-corrected chi connectivity index (χ4v) is 6.60. The molecular formula is C29H23ClN2O3. The van der Waals surface area contributed by atoms with Crippen molar-refractivity contribution in [1.82, 2.24) is 0 Å². The van der Waals surface area contributed by atoms with Gasteiger partial charge in [0.05, 0.1) is 23.0 Å². The third-order valence-corrected chi connectivity index (χ3v) is 8.05. The summed E-state index contributed by atoms with van der Waals surface area (Å²) < 4.78 is 0. The summed E-state index contributed by atoms with van der Waals surface area (Å²) in [4.78, 5) is 43.8. The molecule has 35 heavy (non-hydrogen) atoms. The van der Waals surface area contributed by atoms with Gasteiger partial charge in [0.2, 0.25) is 5.91 Å². The van der Waals surface area contributed by atoms with Gasteiger partial charge in [-0.15, -0.1) is 0 Å². The van der Waals surface area contributed by atoms with Gasteiger partial charge in [0.15, 0.2) is 11.6 Å². The number of nitrogens with zero attached hydrogens (tertiary/aromatic N) is 1. The maximum Gasteiger partial charge on any atom is 0.238 e. The van der Waals surface area contributed by atoms with E-state index < -0.39 is 23.4 Å². The number of fused-ring (bicyclic) bond motifs is 6. The molecule has 3 aliphatic rings. The molecule has 3 aromatic rings.